The van der Waals surface area contributed by atoms with E-state index in [0.29, 0.717) is 18.2 Å². The van der Waals surface area contributed by atoms with Gasteiger partial charge in [-0.1, -0.05) is 25.5 Å². The first-order valence-electron chi connectivity index (χ1n) is 6.78. The number of aromatic carboxylic acids is 1. The van der Waals surface area contributed by atoms with Crippen molar-refractivity contribution in [3.63, 3.8) is 0 Å². The molecule has 102 valence electrons. The molecule has 19 heavy (non-hydrogen) atoms. The number of carbonyl (C=O) groups is 2. The topological polar surface area (TPSA) is 57.6 Å². The van der Waals surface area contributed by atoms with Crippen LogP contribution in [0.25, 0.3) is 0 Å². The lowest BCUT2D eigenvalue weighted by Gasteiger charge is -2.23. The van der Waals surface area contributed by atoms with E-state index >= 15 is 0 Å². The molecule has 4 nitrogen and oxygen atoms in total. The van der Waals surface area contributed by atoms with Gasteiger partial charge < -0.3 is 10.0 Å². The van der Waals surface area contributed by atoms with Crippen molar-refractivity contribution < 1.29 is 14.7 Å². The van der Waals surface area contributed by atoms with Gasteiger partial charge in [0.25, 0.3) is 5.91 Å². The number of amides is 1. The average Bonchev–Trinajstić information content (AvgIpc) is 3.23. The van der Waals surface area contributed by atoms with Crippen LogP contribution in [0.3, 0.4) is 0 Å². The third kappa shape index (κ3) is 3.13. The van der Waals surface area contributed by atoms with E-state index in [-0.39, 0.29) is 11.5 Å². The number of carboxylic acid groups (broad SMARTS) is 1. The Kier molecular flexibility index (Phi) is 4.20. The molecular weight excluding hydrogens is 242 g/mol. The molecule has 0 aromatic heterocycles. The highest BCUT2D eigenvalue weighted by Gasteiger charge is 2.33. The number of unbranched alkanes of at least 4 members (excludes halogenated alkanes) is 1. The maximum absolute atomic E-state index is 12.5. The van der Waals surface area contributed by atoms with Crippen molar-refractivity contribution in [1.82, 2.24) is 4.90 Å². The Morgan fingerprint density at radius 1 is 1.26 bits per heavy atom. The summed E-state index contributed by atoms with van der Waals surface area (Å²) in [4.78, 5) is 25.5. The number of benzene rings is 1. The molecule has 2 rings (SSSR count). The highest BCUT2D eigenvalue weighted by Crippen LogP contribution is 2.29. The molecule has 4 heteroatoms. The summed E-state index contributed by atoms with van der Waals surface area (Å²) in [5.41, 5.74) is 0.396. The zero-order valence-electron chi connectivity index (χ0n) is 11.1. The Hall–Kier alpha value is -1.84. The minimum absolute atomic E-state index is 0.0923. The van der Waals surface area contributed by atoms with Crippen LogP contribution in [0.2, 0.25) is 0 Å². The van der Waals surface area contributed by atoms with E-state index in [4.69, 9.17) is 5.11 Å². The molecule has 0 heterocycles. The summed E-state index contributed by atoms with van der Waals surface area (Å²) in [6.07, 6.45) is 4.05. The standard InChI is InChI=1S/C15H19NO3/c1-2-3-10-16(11-8-9-11)14(17)12-6-4-5-7-13(12)15(18)19/h4-7,11H,2-3,8-10H2,1H3,(H,18,19). The quantitative estimate of drug-likeness (QED) is 0.856. The average molecular weight is 261 g/mol. The monoisotopic (exact) mass is 261 g/mol. The van der Waals surface area contributed by atoms with E-state index in [0.717, 1.165) is 25.7 Å². The Bertz CT molecular complexity index is 480. The van der Waals surface area contributed by atoms with Crippen LogP contribution in [0.1, 0.15) is 53.3 Å². The van der Waals surface area contributed by atoms with Gasteiger partial charge in [0, 0.05) is 12.6 Å². The van der Waals surface area contributed by atoms with Crippen LogP contribution in [-0.2, 0) is 0 Å². The van der Waals surface area contributed by atoms with Crippen molar-refractivity contribution >= 4 is 11.9 Å². The Morgan fingerprint density at radius 2 is 1.89 bits per heavy atom. The summed E-state index contributed by atoms with van der Waals surface area (Å²) in [6, 6.07) is 6.76. The number of carboxylic acids is 1. The summed E-state index contributed by atoms with van der Waals surface area (Å²) in [6.45, 7) is 2.80. The largest absolute Gasteiger partial charge is 0.478 e. The summed E-state index contributed by atoms with van der Waals surface area (Å²) >= 11 is 0. The summed E-state index contributed by atoms with van der Waals surface area (Å²) in [7, 11) is 0. The smallest absolute Gasteiger partial charge is 0.336 e. The minimum Gasteiger partial charge on any atom is -0.478 e. The van der Waals surface area contributed by atoms with Crippen molar-refractivity contribution in [1.29, 1.82) is 0 Å². The number of nitrogens with zero attached hydrogens (tertiary/aromatic N) is 1. The van der Waals surface area contributed by atoms with E-state index in [1.54, 1.807) is 18.2 Å². The van der Waals surface area contributed by atoms with Crippen LogP contribution in [0.4, 0.5) is 0 Å². The number of rotatable bonds is 6. The molecule has 1 aliphatic rings. The number of carbonyl (C=O) groups excluding carboxylic acids is 1. The lowest BCUT2D eigenvalue weighted by molar-refractivity contribution is 0.0671. The minimum atomic E-state index is -1.05. The number of hydrogen-bond donors (Lipinski definition) is 1. The first kappa shape index (κ1) is 13.6. The van der Waals surface area contributed by atoms with Gasteiger partial charge in [-0.3, -0.25) is 4.79 Å². The van der Waals surface area contributed by atoms with Gasteiger partial charge in [0.2, 0.25) is 0 Å². The summed E-state index contributed by atoms with van der Waals surface area (Å²) < 4.78 is 0. The lowest BCUT2D eigenvalue weighted by Crippen LogP contribution is -2.35. The first-order chi connectivity index (χ1) is 9.15. The van der Waals surface area contributed by atoms with Gasteiger partial charge in [-0.2, -0.15) is 0 Å². The van der Waals surface area contributed by atoms with E-state index in [9.17, 15) is 9.59 Å². The predicted molar refractivity (Wildman–Crippen MR) is 72.4 cm³/mol. The molecule has 0 saturated heterocycles. The van der Waals surface area contributed by atoms with E-state index in [1.807, 2.05) is 4.90 Å². The Labute approximate surface area is 113 Å². The van der Waals surface area contributed by atoms with Crippen LogP contribution in [0, 0.1) is 0 Å². The zero-order chi connectivity index (χ0) is 13.8. The second kappa shape index (κ2) is 5.87. The van der Waals surface area contributed by atoms with E-state index < -0.39 is 5.97 Å². The van der Waals surface area contributed by atoms with Crippen LogP contribution in [0.15, 0.2) is 24.3 Å². The fourth-order valence-electron chi connectivity index (χ4n) is 2.18. The molecule has 1 N–H and O–H groups in total. The zero-order valence-corrected chi connectivity index (χ0v) is 11.1. The molecular formula is C15H19NO3. The molecule has 0 atom stereocenters. The fraction of sp³-hybridized carbons (Fsp3) is 0.467. The second-order valence-electron chi connectivity index (χ2n) is 4.93. The molecule has 0 unspecified atom stereocenters. The van der Waals surface area contributed by atoms with Crippen LogP contribution >= 0.6 is 0 Å². The highest BCUT2D eigenvalue weighted by molar-refractivity contribution is 6.04. The lowest BCUT2D eigenvalue weighted by atomic mass is 10.1. The molecule has 0 spiro atoms. The molecule has 1 amide bonds. The molecule has 1 fully saturated rings. The van der Waals surface area contributed by atoms with Gasteiger partial charge >= 0.3 is 5.97 Å². The van der Waals surface area contributed by atoms with E-state index in [1.165, 1.54) is 6.07 Å². The van der Waals surface area contributed by atoms with Gasteiger partial charge in [0.1, 0.15) is 0 Å². The summed E-state index contributed by atoms with van der Waals surface area (Å²) in [5.74, 6) is -1.19. The molecule has 1 saturated carbocycles. The van der Waals surface area contributed by atoms with Gasteiger partial charge in [-0.25, -0.2) is 4.79 Å². The molecule has 0 aliphatic heterocycles. The highest BCUT2D eigenvalue weighted by atomic mass is 16.4. The first-order valence-corrected chi connectivity index (χ1v) is 6.78. The fourth-order valence-corrected chi connectivity index (χ4v) is 2.18. The van der Waals surface area contributed by atoms with Crippen LogP contribution in [-0.4, -0.2) is 34.5 Å². The van der Waals surface area contributed by atoms with Crippen LogP contribution in [0.5, 0.6) is 0 Å². The van der Waals surface area contributed by atoms with Crippen molar-refractivity contribution in [2.45, 2.75) is 38.6 Å². The normalized spacial score (nSPS) is 14.2. The molecule has 1 aromatic rings. The van der Waals surface area contributed by atoms with Crippen molar-refractivity contribution in [3.8, 4) is 0 Å². The van der Waals surface area contributed by atoms with E-state index in [2.05, 4.69) is 6.92 Å². The third-order valence-corrected chi connectivity index (χ3v) is 3.39. The predicted octanol–water partition coefficient (Wildman–Crippen LogP) is 2.79. The third-order valence-electron chi connectivity index (χ3n) is 3.39. The van der Waals surface area contributed by atoms with Gasteiger partial charge in [-0.05, 0) is 31.4 Å². The van der Waals surface area contributed by atoms with Crippen molar-refractivity contribution in [2.24, 2.45) is 0 Å². The van der Waals surface area contributed by atoms with Gasteiger partial charge in [0.15, 0.2) is 0 Å². The van der Waals surface area contributed by atoms with Crippen molar-refractivity contribution in [2.75, 3.05) is 6.54 Å². The van der Waals surface area contributed by atoms with Crippen molar-refractivity contribution in [3.05, 3.63) is 35.4 Å². The molecule has 0 bridgehead atoms. The maximum atomic E-state index is 12.5. The van der Waals surface area contributed by atoms with Gasteiger partial charge in [0.05, 0.1) is 11.1 Å². The summed E-state index contributed by atoms with van der Waals surface area (Å²) in [5, 5.41) is 9.16. The van der Waals surface area contributed by atoms with Gasteiger partial charge in [-0.15, -0.1) is 0 Å². The molecule has 1 aromatic carbocycles. The second-order valence-corrected chi connectivity index (χ2v) is 4.93. The van der Waals surface area contributed by atoms with Crippen LogP contribution < -0.4 is 0 Å². The SMILES string of the molecule is CCCCN(C(=O)c1ccccc1C(=O)O)C1CC1. The maximum Gasteiger partial charge on any atom is 0.336 e. The number of hydrogen-bond acceptors (Lipinski definition) is 2. The Balaban J connectivity index is 2.23. The molecule has 1 aliphatic carbocycles. The Morgan fingerprint density at radius 3 is 2.42 bits per heavy atom. The molecule has 0 radical (unpaired) electrons.